The largest absolute Gasteiger partial charge is 0.511 e. The molecule has 0 aromatic heterocycles. The van der Waals surface area contributed by atoms with Crippen LogP contribution in [0.2, 0.25) is 0 Å². The third-order valence-electron chi connectivity index (χ3n) is 2.96. The first-order chi connectivity index (χ1) is 10.5. The second-order valence-corrected chi connectivity index (χ2v) is 4.52. The molecule has 0 radical (unpaired) electrons. The molecule has 0 bridgehead atoms. The minimum absolute atomic E-state index is 0.284. The van der Waals surface area contributed by atoms with Crippen molar-refractivity contribution in [2.24, 2.45) is 0 Å². The van der Waals surface area contributed by atoms with E-state index in [1.807, 2.05) is 0 Å². The molecular weight excluding hydrogens is 288 g/mol. The number of benzene rings is 2. The van der Waals surface area contributed by atoms with E-state index in [-0.39, 0.29) is 11.5 Å². The van der Waals surface area contributed by atoms with Crippen LogP contribution in [0, 0.1) is 0 Å². The van der Waals surface area contributed by atoms with Gasteiger partial charge in [0, 0.05) is 0 Å². The number of hydrogen-bond donors (Lipinski definition) is 2. The van der Waals surface area contributed by atoms with Crippen LogP contribution in [0.5, 0.6) is 11.5 Å². The second-order valence-electron chi connectivity index (χ2n) is 4.52. The van der Waals surface area contributed by atoms with Gasteiger partial charge in [-0.25, -0.2) is 9.59 Å². The standard InChI is InChI=1S/C16H14O6/c17-15(18)21-13-7-3-11(4-8-13)1-2-12-5-9-14(10-6-12)22-16(19)20/h3-10H,1-2H2,(H,17,18)(H,19,20). The van der Waals surface area contributed by atoms with Crippen molar-refractivity contribution in [1.82, 2.24) is 0 Å². The Morgan fingerprint density at radius 3 is 1.27 bits per heavy atom. The van der Waals surface area contributed by atoms with Gasteiger partial charge in [0.1, 0.15) is 11.5 Å². The van der Waals surface area contributed by atoms with Crippen molar-refractivity contribution in [3.63, 3.8) is 0 Å². The summed E-state index contributed by atoms with van der Waals surface area (Å²) in [5.41, 5.74) is 2.09. The Kier molecular flexibility index (Phi) is 4.98. The van der Waals surface area contributed by atoms with E-state index in [2.05, 4.69) is 9.47 Å². The minimum atomic E-state index is -1.34. The van der Waals surface area contributed by atoms with Crippen molar-refractivity contribution in [2.45, 2.75) is 12.8 Å². The van der Waals surface area contributed by atoms with E-state index in [1.165, 1.54) is 0 Å². The zero-order valence-corrected chi connectivity index (χ0v) is 11.6. The summed E-state index contributed by atoms with van der Waals surface area (Å²) in [5.74, 6) is 0.567. The van der Waals surface area contributed by atoms with E-state index in [4.69, 9.17) is 10.2 Å². The molecule has 2 aromatic carbocycles. The molecule has 0 amide bonds. The first-order valence-corrected chi connectivity index (χ1v) is 6.52. The lowest BCUT2D eigenvalue weighted by Crippen LogP contribution is -2.03. The van der Waals surface area contributed by atoms with Gasteiger partial charge in [-0.3, -0.25) is 0 Å². The summed E-state index contributed by atoms with van der Waals surface area (Å²) >= 11 is 0. The average Bonchev–Trinajstić information content (AvgIpc) is 2.47. The molecule has 0 aliphatic rings. The number of hydrogen-bond acceptors (Lipinski definition) is 4. The van der Waals surface area contributed by atoms with Gasteiger partial charge in [-0.1, -0.05) is 24.3 Å². The second kappa shape index (κ2) is 7.12. The summed E-state index contributed by atoms with van der Waals surface area (Å²) in [6.45, 7) is 0. The zero-order chi connectivity index (χ0) is 15.9. The van der Waals surface area contributed by atoms with E-state index in [0.29, 0.717) is 0 Å². The molecule has 2 rings (SSSR count). The van der Waals surface area contributed by atoms with Crippen LogP contribution >= 0.6 is 0 Å². The Labute approximate surface area is 126 Å². The summed E-state index contributed by atoms with van der Waals surface area (Å²) in [6.07, 6.45) is -1.13. The topological polar surface area (TPSA) is 93.1 Å². The highest BCUT2D eigenvalue weighted by Gasteiger charge is 2.03. The van der Waals surface area contributed by atoms with Crippen molar-refractivity contribution < 1.29 is 29.3 Å². The van der Waals surface area contributed by atoms with Crippen LogP contribution in [0.15, 0.2) is 48.5 Å². The van der Waals surface area contributed by atoms with Gasteiger partial charge in [0.25, 0.3) is 0 Å². The molecule has 6 heteroatoms. The molecule has 6 nitrogen and oxygen atoms in total. The van der Waals surface area contributed by atoms with Crippen molar-refractivity contribution in [3.05, 3.63) is 59.7 Å². The van der Waals surface area contributed by atoms with E-state index < -0.39 is 12.3 Å². The fraction of sp³-hybridized carbons (Fsp3) is 0.125. The van der Waals surface area contributed by atoms with Crippen LogP contribution in [0.1, 0.15) is 11.1 Å². The van der Waals surface area contributed by atoms with Crippen LogP contribution in [0.3, 0.4) is 0 Å². The van der Waals surface area contributed by atoms with Crippen molar-refractivity contribution in [1.29, 1.82) is 0 Å². The molecule has 0 saturated heterocycles. The van der Waals surface area contributed by atoms with E-state index in [1.54, 1.807) is 48.5 Å². The molecule has 114 valence electrons. The molecule has 22 heavy (non-hydrogen) atoms. The molecule has 0 saturated carbocycles. The van der Waals surface area contributed by atoms with Crippen molar-refractivity contribution in [3.8, 4) is 11.5 Å². The van der Waals surface area contributed by atoms with Gasteiger partial charge in [-0.2, -0.15) is 0 Å². The first-order valence-electron chi connectivity index (χ1n) is 6.52. The smallest absolute Gasteiger partial charge is 0.449 e. The van der Waals surface area contributed by atoms with E-state index in [9.17, 15) is 9.59 Å². The molecular formula is C16H14O6. The van der Waals surface area contributed by atoms with Gasteiger partial charge in [0.05, 0.1) is 0 Å². The van der Waals surface area contributed by atoms with Gasteiger partial charge >= 0.3 is 12.3 Å². The summed E-state index contributed by atoms with van der Waals surface area (Å²) in [7, 11) is 0. The first kappa shape index (κ1) is 15.4. The molecule has 0 aliphatic heterocycles. The maximum atomic E-state index is 10.4. The predicted octanol–water partition coefficient (Wildman–Crippen LogP) is 3.59. The van der Waals surface area contributed by atoms with Gasteiger partial charge < -0.3 is 19.7 Å². The fourth-order valence-corrected chi connectivity index (χ4v) is 1.94. The van der Waals surface area contributed by atoms with Crippen LogP contribution in [-0.4, -0.2) is 22.5 Å². The predicted molar refractivity (Wildman–Crippen MR) is 77.6 cm³/mol. The molecule has 0 heterocycles. The Morgan fingerprint density at radius 1 is 0.682 bits per heavy atom. The zero-order valence-electron chi connectivity index (χ0n) is 11.6. The lowest BCUT2D eigenvalue weighted by Gasteiger charge is -2.05. The third kappa shape index (κ3) is 4.82. The van der Waals surface area contributed by atoms with Gasteiger partial charge in [-0.15, -0.1) is 0 Å². The quantitative estimate of drug-likeness (QED) is 0.647. The maximum absolute atomic E-state index is 10.4. The SMILES string of the molecule is O=C(O)Oc1ccc(CCc2ccc(OC(=O)O)cc2)cc1. The minimum Gasteiger partial charge on any atom is -0.449 e. The number of aryl methyl sites for hydroxylation is 2. The molecule has 0 aliphatic carbocycles. The van der Waals surface area contributed by atoms with Crippen molar-refractivity contribution in [2.75, 3.05) is 0 Å². The van der Waals surface area contributed by atoms with Gasteiger partial charge in [-0.05, 0) is 48.2 Å². The normalized spacial score (nSPS) is 10.0. The Morgan fingerprint density at radius 2 is 1.00 bits per heavy atom. The Hall–Kier alpha value is -3.02. The number of ether oxygens (including phenoxy) is 2. The highest BCUT2D eigenvalue weighted by molar-refractivity contribution is 5.61. The highest BCUT2D eigenvalue weighted by Crippen LogP contribution is 2.16. The molecule has 2 aromatic rings. The van der Waals surface area contributed by atoms with Crippen LogP contribution in [-0.2, 0) is 12.8 Å². The summed E-state index contributed by atoms with van der Waals surface area (Å²) in [5, 5.41) is 17.0. The molecule has 0 fully saturated rings. The lowest BCUT2D eigenvalue weighted by molar-refractivity contribution is 0.143. The van der Waals surface area contributed by atoms with E-state index >= 15 is 0 Å². The van der Waals surface area contributed by atoms with Crippen LogP contribution < -0.4 is 9.47 Å². The summed E-state index contributed by atoms with van der Waals surface area (Å²) in [6, 6.07) is 13.6. The summed E-state index contributed by atoms with van der Waals surface area (Å²) < 4.78 is 9.06. The maximum Gasteiger partial charge on any atom is 0.511 e. The third-order valence-corrected chi connectivity index (χ3v) is 2.96. The van der Waals surface area contributed by atoms with E-state index in [0.717, 1.165) is 24.0 Å². The van der Waals surface area contributed by atoms with Gasteiger partial charge in [0.2, 0.25) is 0 Å². The molecule has 0 spiro atoms. The van der Waals surface area contributed by atoms with Crippen LogP contribution in [0.25, 0.3) is 0 Å². The fourth-order valence-electron chi connectivity index (χ4n) is 1.94. The molecule has 0 atom stereocenters. The molecule has 0 unspecified atom stereocenters. The van der Waals surface area contributed by atoms with Crippen molar-refractivity contribution >= 4 is 12.3 Å². The summed E-state index contributed by atoms with van der Waals surface area (Å²) in [4.78, 5) is 20.8. The number of carboxylic acid groups (broad SMARTS) is 2. The van der Waals surface area contributed by atoms with Gasteiger partial charge in [0.15, 0.2) is 0 Å². The average molecular weight is 302 g/mol. The van der Waals surface area contributed by atoms with Crippen LogP contribution in [0.4, 0.5) is 9.59 Å². The Bertz CT molecular complexity index is 586. The highest BCUT2D eigenvalue weighted by atomic mass is 16.7. The number of carbonyl (C=O) groups is 2. The monoisotopic (exact) mass is 302 g/mol. The lowest BCUT2D eigenvalue weighted by atomic mass is 10.0. The molecule has 2 N–H and O–H groups in total. The Balaban J connectivity index is 1.89. The number of rotatable bonds is 5.